The van der Waals surface area contributed by atoms with Crippen LogP contribution in [0.1, 0.15) is 33.1 Å². The number of carbonyl (C=O) groups excluding carboxylic acids is 1. The summed E-state index contributed by atoms with van der Waals surface area (Å²) in [5, 5.41) is 12.0. The number of ether oxygens (including phenoxy) is 1. The summed E-state index contributed by atoms with van der Waals surface area (Å²) in [5.74, 6) is -1.98. The van der Waals surface area contributed by atoms with Crippen molar-refractivity contribution < 1.29 is 19.4 Å². The monoisotopic (exact) mass is 255 g/mol. The number of nitrogens with one attached hydrogen (secondary N) is 1. The van der Waals surface area contributed by atoms with Crippen molar-refractivity contribution in [1.82, 2.24) is 5.32 Å². The zero-order valence-electron chi connectivity index (χ0n) is 11.1. The van der Waals surface area contributed by atoms with E-state index >= 15 is 0 Å². The van der Waals surface area contributed by atoms with Gasteiger partial charge in [0.1, 0.15) is 0 Å². The smallest absolute Gasteiger partial charge is 0.307 e. The molecule has 0 saturated heterocycles. The lowest BCUT2D eigenvalue weighted by Crippen LogP contribution is -2.42. The van der Waals surface area contributed by atoms with Gasteiger partial charge in [0.05, 0.1) is 24.0 Å². The molecule has 0 bridgehead atoms. The topological polar surface area (TPSA) is 75.6 Å². The number of carboxylic acids is 1. The maximum Gasteiger partial charge on any atom is 0.307 e. The molecule has 2 aliphatic carbocycles. The number of aliphatic carboxylic acids is 1. The quantitative estimate of drug-likeness (QED) is 0.786. The number of rotatable bonds is 4. The Balaban J connectivity index is 1.95. The van der Waals surface area contributed by atoms with Crippen LogP contribution in [0.4, 0.5) is 0 Å². The third-order valence-electron chi connectivity index (χ3n) is 4.46. The molecule has 0 spiro atoms. The minimum Gasteiger partial charge on any atom is -0.481 e. The van der Waals surface area contributed by atoms with Crippen LogP contribution < -0.4 is 5.32 Å². The summed E-state index contributed by atoms with van der Waals surface area (Å²) in [4.78, 5) is 23.2. The molecule has 18 heavy (non-hydrogen) atoms. The van der Waals surface area contributed by atoms with Crippen LogP contribution in [0, 0.1) is 17.3 Å². The molecule has 102 valence electrons. The van der Waals surface area contributed by atoms with E-state index in [0.717, 1.165) is 19.3 Å². The molecule has 2 unspecified atom stereocenters. The van der Waals surface area contributed by atoms with Crippen LogP contribution in [0.5, 0.6) is 0 Å². The fourth-order valence-electron chi connectivity index (χ4n) is 3.23. The predicted octanol–water partition coefficient (Wildman–Crippen LogP) is 1.03. The second kappa shape index (κ2) is 4.53. The van der Waals surface area contributed by atoms with Crippen molar-refractivity contribution in [1.29, 1.82) is 0 Å². The van der Waals surface area contributed by atoms with Crippen LogP contribution in [-0.2, 0) is 14.3 Å². The van der Waals surface area contributed by atoms with Gasteiger partial charge in [-0.2, -0.15) is 0 Å². The molecule has 2 aliphatic rings. The second-order valence-corrected chi connectivity index (χ2v) is 5.94. The lowest BCUT2D eigenvalue weighted by atomic mass is 10.1. The number of hydrogen-bond donors (Lipinski definition) is 2. The number of carbonyl (C=O) groups is 2. The Kier molecular flexibility index (Phi) is 3.36. The van der Waals surface area contributed by atoms with Crippen LogP contribution in [-0.4, -0.2) is 36.2 Å². The summed E-state index contributed by atoms with van der Waals surface area (Å²) >= 11 is 0. The van der Waals surface area contributed by atoms with Crippen LogP contribution in [0.3, 0.4) is 0 Å². The molecule has 5 nitrogen and oxygen atoms in total. The van der Waals surface area contributed by atoms with Gasteiger partial charge in [-0.3, -0.25) is 9.59 Å². The molecule has 2 fully saturated rings. The summed E-state index contributed by atoms with van der Waals surface area (Å²) in [5.41, 5.74) is -0.433. The molecule has 2 N–H and O–H groups in total. The van der Waals surface area contributed by atoms with E-state index in [9.17, 15) is 9.59 Å². The fourth-order valence-corrected chi connectivity index (χ4v) is 3.23. The Morgan fingerprint density at radius 2 is 1.94 bits per heavy atom. The first-order valence-electron chi connectivity index (χ1n) is 6.45. The van der Waals surface area contributed by atoms with Gasteiger partial charge in [0.25, 0.3) is 0 Å². The highest BCUT2D eigenvalue weighted by Gasteiger charge is 2.66. The van der Waals surface area contributed by atoms with Crippen molar-refractivity contribution in [2.45, 2.75) is 45.3 Å². The van der Waals surface area contributed by atoms with E-state index in [1.165, 1.54) is 0 Å². The zero-order valence-corrected chi connectivity index (χ0v) is 11.1. The largest absolute Gasteiger partial charge is 0.481 e. The normalized spacial score (nSPS) is 37.3. The standard InChI is InChI=1S/C13H21NO4/c1-13(2)9(10(13)12(16)17)11(15)14-7-5-4-6-8(7)18-3/h7-10H,4-6H2,1-3H3,(H,14,15)(H,16,17)/t7?,8?,9-,10+/m1/s1. The molecule has 0 aliphatic heterocycles. The number of methoxy groups -OCH3 is 1. The van der Waals surface area contributed by atoms with Gasteiger partial charge >= 0.3 is 5.97 Å². The first-order valence-corrected chi connectivity index (χ1v) is 6.45. The Morgan fingerprint density at radius 1 is 1.28 bits per heavy atom. The molecule has 0 radical (unpaired) electrons. The van der Waals surface area contributed by atoms with Gasteiger partial charge in [0.15, 0.2) is 0 Å². The van der Waals surface area contributed by atoms with Gasteiger partial charge in [-0.25, -0.2) is 0 Å². The molecule has 5 heteroatoms. The van der Waals surface area contributed by atoms with Gasteiger partial charge in [-0.1, -0.05) is 13.8 Å². The van der Waals surface area contributed by atoms with Crippen molar-refractivity contribution in [2.75, 3.05) is 7.11 Å². The number of carboxylic acid groups (broad SMARTS) is 1. The summed E-state index contributed by atoms with van der Waals surface area (Å²) in [6.07, 6.45) is 2.98. The molecule has 4 atom stereocenters. The highest BCUT2D eigenvalue weighted by Crippen LogP contribution is 2.58. The van der Waals surface area contributed by atoms with E-state index in [2.05, 4.69) is 5.32 Å². The van der Waals surface area contributed by atoms with Crippen molar-refractivity contribution in [3.05, 3.63) is 0 Å². The van der Waals surface area contributed by atoms with E-state index in [1.54, 1.807) is 7.11 Å². The van der Waals surface area contributed by atoms with E-state index in [4.69, 9.17) is 9.84 Å². The van der Waals surface area contributed by atoms with Crippen LogP contribution in [0.2, 0.25) is 0 Å². The predicted molar refractivity (Wildman–Crippen MR) is 65.0 cm³/mol. The maximum absolute atomic E-state index is 12.1. The number of amides is 1. The molecular weight excluding hydrogens is 234 g/mol. The SMILES string of the molecule is COC1CCCC1NC(=O)[C@H]1[C@@H](C(=O)O)C1(C)C. The molecule has 0 heterocycles. The summed E-state index contributed by atoms with van der Waals surface area (Å²) in [7, 11) is 1.65. The van der Waals surface area contributed by atoms with Gasteiger partial charge in [-0.15, -0.1) is 0 Å². The van der Waals surface area contributed by atoms with E-state index in [1.807, 2.05) is 13.8 Å². The Hall–Kier alpha value is -1.10. The third-order valence-corrected chi connectivity index (χ3v) is 4.46. The Morgan fingerprint density at radius 3 is 2.44 bits per heavy atom. The van der Waals surface area contributed by atoms with E-state index in [-0.39, 0.29) is 18.1 Å². The lowest BCUT2D eigenvalue weighted by Gasteiger charge is -2.20. The second-order valence-electron chi connectivity index (χ2n) is 5.94. The minimum atomic E-state index is -0.880. The van der Waals surface area contributed by atoms with Crippen molar-refractivity contribution in [3.8, 4) is 0 Å². The molecule has 0 aromatic rings. The summed E-state index contributed by atoms with van der Waals surface area (Å²) in [6.45, 7) is 3.66. The molecular formula is C13H21NO4. The van der Waals surface area contributed by atoms with Gasteiger partial charge in [-0.05, 0) is 24.7 Å². The maximum atomic E-state index is 12.1. The number of hydrogen-bond acceptors (Lipinski definition) is 3. The summed E-state index contributed by atoms with van der Waals surface area (Å²) < 4.78 is 5.32. The highest BCUT2D eigenvalue weighted by atomic mass is 16.5. The summed E-state index contributed by atoms with van der Waals surface area (Å²) in [6, 6.07) is 0.0355. The molecule has 1 amide bonds. The zero-order chi connectivity index (χ0) is 13.5. The van der Waals surface area contributed by atoms with Gasteiger partial charge < -0.3 is 15.2 Å². The molecule has 2 saturated carbocycles. The van der Waals surface area contributed by atoms with Crippen LogP contribution >= 0.6 is 0 Å². The average Bonchev–Trinajstić information content (AvgIpc) is 2.66. The minimum absolute atomic E-state index is 0.0355. The molecule has 2 rings (SSSR count). The fraction of sp³-hybridized carbons (Fsp3) is 0.846. The van der Waals surface area contributed by atoms with Crippen molar-refractivity contribution in [2.24, 2.45) is 17.3 Å². The Bertz CT molecular complexity index is 366. The first kappa shape index (κ1) is 13.3. The van der Waals surface area contributed by atoms with E-state index in [0.29, 0.717) is 0 Å². The molecule has 0 aromatic carbocycles. The van der Waals surface area contributed by atoms with E-state index < -0.39 is 23.2 Å². The van der Waals surface area contributed by atoms with Gasteiger partial charge in [0, 0.05) is 7.11 Å². The first-order chi connectivity index (χ1) is 8.39. The van der Waals surface area contributed by atoms with Crippen molar-refractivity contribution in [3.63, 3.8) is 0 Å². The molecule has 0 aromatic heterocycles. The van der Waals surface area contributed by atoms with Crippen molar-refractivity contribution >= 4 is 11.9 Å². The average molecular weight is 255 g/mol. The lowest BCUT2D eigenvalue weighted by molar-refractivity contribution is -0.140. The van der Waals surface area contributed by atoms with Gasteiger partial charge in [0.2, 0.25) is 5.91 Å². The Labute approximate surface area is 107 Å². The third kappa shape index (κ3) is 2.11. The highest BCUT2D eigenvalue weighted by molar-refractivity contribution is 5.91. The van der Waals surface area contributed by atoms with Crippen LogP contribution in [0.15, 0.2) is 0 Å². The van der Waals surface area contributed by atoms with Crippen LogP contribution in [0.25, 0.3) is 0 Å².